The molecule has 8 nitrogen and oxygen atoms in total. The number of thioether (sulfide) groups is 2. The van der Waals surface area contributed by atoms with E-state index in [1.165, 1.54) is 34.6 Å². The lowest BCUT2D eigenvalue weighted by Gasteiger charge is -2.48. The maximum absolute atomic E-state index is 11.9. The van der Waals surface area contributed by atoms with Gasteiger partial charge >= 0.3 is 5.97 Å². The van der Waals surface area contributed by atoms with Crippen molar-refractivity contribution in [3.8, 4) is 0 Å². The summed E-state index contributed by atoms with van der Waals surface area (Å²) < 4.78 is 0. The molecule has 3 N–H and O–H groups in total. The fourth-order valence-corrected chi connectivity index (χ4v) is 4.91. The minimum Gasteiger partial charge on any atom is -0.594 e. The van der Waals surface area contributed by atoms with Crippen molar-refractivity contribution in [1.29, 1.82) is 0 Å². The highest BCUT2D eigenvalue weighted by atomic mass is 32.2. The van der Waals surface area contributed by atoms with Crippen molar-refractivity contribution in [3.63, 3.8) is 0 Å². The first kappa shape index (κ1) is 16.1. The van der Waals surface area contributed by atoms with Crippen LogP contribution in [0.25, 0.3) is 0 Å². The fraction of sp³-hybridized carbons (Fsp3) is 0.385. The Balaban J connectivity index is 1.84. The Kier molecular flexibility index (Phi) is 4.21. The number of β-lactam (4-membered cyclic amide) rings is 1. The van der Waals surface area contributed by atoms with Crippen molar-refractivity contribution < 1.29 is 19.5 Å². The highest BCUT2D eigenvalue weighted by Gasteiger charge is 2.51. The van der Waals surface area contributed by atoms with E-state index in [4.69, 9.17) is 5.73 Å². The maximum atomic E-state index is 11.9. The molecule has 0 saturated carbocycles. The quantitative estimate of drug-likeness (QED) is 0.327. The van der Waals surface area contributed by atoms with Crippen LogP contribution in [-0.2, 0) is 9.59 Å². The Morgan fingerprint density at radius 3 is 3.13 bits per heavy atom. The first-order valence-corrected chi connectivity index (χ1v) is 8.79. The van der Waals surface area contributed by atoms with Crippen molar-refractivity contribution in [2.75, 3.05) is 11.5 Å². The second kappa shape index (κ2) is 6.02. The molecule has 10 heteroatoms. The van der Waals surface area contributed by atoms with Crippen LogP contribution in [0.15, 0.2) is 28.4 Å². The number of carboxylic acid groups (broad SMARTS) is 1. The number of hydrogen-bond acceptors (Lipinski definition) is 7. The average molecular weight is 354 g/mol. The lowest BCUT2D eigenvalue weighted by molar-refractivity contribution is -0.677. The van der Waals surface area contributed by atoms with E-state index in [1.54, 1.807) is 13.0 Å². The number of aromatic nitrogens is 2. The smallest absolute Gasteiger partial charge is 0.352 e. The van der Waals surface area contributed by atoms with Crippen LogP contribution in [0.1, 0.15) is 5.69 Å². The molecule has 0 spiro atoms. The molecule has 3 rings (SSSR count). The fourth-order valence-electron chi connectivity index (χ4n) is 2.47. The summed E-state index contributed by atoms with van der Waals surface area (Å²) in [5.74, 6) is -0.611. The van der Waals surface area contributed by atoms with Gasteiger partial charge in [0.25, 0.3) is 0 Å². The second-order valence-electron chi connectivity index (χ2n) is 5.14. The predicted molar refractivity (Wildman–Crippen MR) is 84.4 cm³/mol. The number of aliphatic carboxylic acids is 1. The molecule has 0 aromatic carbocycles. The van der Waals surface area contributed by atoms with Crippen LogP contribution in [0.3, 0.4) is 0 Å². The minimum absolute atomic E-state index is 0.0228. The van der Waals surface area contributed by atoms with Crippen molar-refractivity contribution in [3.05, 3.63) is 34.4 Å². The molecule has 1 amide bonds. The van der Waals surface area contributed by atoms with Crippen molar-refractivity contribution in [2.24, 2.45) is 5.73 Å². The predicted octanol–water partition coefficient (Wildman–Crippen LogP) is -0.303. The van der Waals surface area contributed by atoms with Gasteiger partial charge in [0, 0.05) is 23.5 Å². The van der Waals surface area contributed by atoms with Gasteiger partial charge in [-0.1, -0.05) is 4.85 Å². The monoisotopic (exact) mass is 354 g/mol. The van der Waals surface area contributed by atoms with E-state index in [-0.39, 0.29) is 17.0 Å². The number of nitrogens with zero attached hydrogens (tertiary/aromatic N) is 3. The summed E-state index contributed by atoms with van der Waals surface area (Å²) in [5, 5.41) is 24.2. The number of rotatable bonds is 4. The van der Waals surface area contributed by atoms with Gasteiger partial charge in [0.15, 0.2) is 0 Å². The molecule has 0 bridgehead atoms. The Hall–Kier alpha value is -1.78. The number of carboxylic acids is 1. The van der Waals surface area contributed by atoms with Gasteiger partial charge in [-0.3, -0.25) is 9.69 Å². The molecule has 2 atom stereocenters. The first-order valence-electron chi connectivity index (χ1n) is 6.75. The van der Waals surface area contributed by atoms with E-state index in [0.717, 1.165) is 4.90 Å². The maximum Gasteiger partial charge on any atom is 0.352 e. The van der Waals surface area contributed by atoms with E-state index < -0.39 is 12.0 Å². The Morgan fingerprint density at radius 1 is 1.70 bits per heavy atom. The Bertz CT molecular complexity index is 724. The third-order valence-corrected chi connectivity index (χ3v) is 6.33. The molecule has 1 saturated heterocycles. The van der Waals surface area contributed by atoms with Gasteiger partial charge in [0.05, 0.1) is 11.1 Å². The zero-order valence-electron chi connectivity index (χ0n) is 12.1. The zero-order chi connectivity index (χ0) is 16.7. The molecule has 122 valence electrons. The van der Waals surface area contributed by atoms with Crippen molar-refractivity contribution in [1.82, 2.24) is 10.00 Å². The summed E-state index contributed by atoms with van der Waals surface area (Å²) in [6.07, 6.45) is 1.40. The molecular weight excluding hydrogens is 340 g/mol. The normalized spacial score (nSPS) is 23.6. The highest BCUT2D eigenvalue weighted by molar-refractivity contribution is 8.01. The van der Waals surface area contributed by atoms with E-state index >= 15 is 0 Å². The number of carbonyl (C=O) groups is 2. The molecule has 1 aromatic heterocycles. The first-order chi connectivity index (χ1) is 10.9. The highest BCUT2D eigenvalue weighted by Crippen LogP contribution is 2.40. The van der Waals surface area contributed by atoms with Crippen LogP contribution >= 0.6 is 23.5 Å². The molecule has 3 heterocycles. The van der Waals surface area contributed by atoms with Crippen LogP contribution in [0.2, 0.25) is 0 Å². The van der Waals surface area contributed by atoms with E-state index in [1.807, 2.05) is 0 Å². The van der Waals surface area contributed by atoms with Crippen molar-refractivity contribution >= 4 is 35.4 Å². The van der Waals surface area contributed by atoms with Gasteiger partial charge in [-0.05, 0) is 11.6 Å². The summed E-state index contributed by atoms with van der Waals surface area (Å²) in [5.41, 5.74) is 6.84. The Morgan fingerprint density at radius 2 is 2.43 bits per heavy atom. The molecule has 1 fully saturated rings. The van der Waals surface area contributed by atoms with E-state index in [2.05, 4.69) is 5.10 Å². The molecule has 23 heavy (non-hydrogen) atoms. The lowest BCUT2D eigenvalue weighted by atomic mass is 10.0. The third-order valence-electron chi connectivity index (χ3n) is 3.73. The van der Waals surface area contributed by atoms with E-state index in [9.17, 15) is 19.9 Å². The zero-order valence-corrected chi connectivity index (χ0v) is 13.8. The molecule has 0 radical (unpaired) electrons. The van der Waals surface area contributed by atoms with Crippen LogP contribution in [0.4, 0.5) is 0 Å². The van der Waals surface area contributed by atoms with Crippen LogP contribution < -0.4 is 10.6 Å². The molecule has 1 unspecified atom stereocenters. The topological polar surface area (TPSA) is 123 Å². The van der Waals surface area contributed by atoms with Gasteiger partial charge in [0.2, 0.25) is 11.6 Å². The standard InChI is InChI=1S/C13H14N4O4S2/c1-6-8(2-3-15-17(6)21)22-4-7-5-23-12-9(14)11(18)16(12)10(7)13(19)20/h2-3,9,12H,4-5,14H2,1H3,(H,19,20)/t9?,12-/m0/s1. The molecule has 2 aliphatic rings. The number of nitrogens with two attached hydrogens (primary N) is 1. The molecular formula is C13H14N4O4S2. The second-order valence-corrected chi connectivity index (χ2v) is 7.26. The third kappa shape index (κ3) is 2.66. The number of hydrogen-bond donors (Lipinski definition) is 2. The van der Waals surface area contributed by atoms with Gasteiger partial charge in [-0.2, -0.15) is 0 Å². The van der Waals surface area contributed by atoms with E-state index in [0.29, 0.717) is 27.6 Å². The van der Waals surface area contributed by atoms with Crippen LogP contribution in [-0.4, -0.2) is 49.9 Å². The summed E-state index contributed by atoms with van der Waals surface area (Å²) in [6, 6.07) is 1.07. The van der Waals surface area contributed by atoms with Crippen molar-refractivity contribution in [2.45, 2.75) is 23.2 Å². The Labute approximate surface area is 140 Å². The minimum atomic E-state index is -1.13. The van der Waals surface area contributed by atoms with Gasteiger partial charge in [-0.15, -0.1) is 23.5 Å². The van der Waals surface area contributed by atoms with Crippen LogP contribution in [0, 0.1) is 12.1 Å². The molecule has 2 aliphatic heterocycles. The summed E-state index contributed by atoms with van der Waals surface area (Å²) in [4.78, 5) is 25.9. The van der Waals surface area contributed by atoms with Gasteiger partial charge in [0.1, 0.15) is 17.1 Å². The summed E-state index contributed by atoms with van der Waals surface area (Å²) >= 11 is 2.82. The SMILES string of the molecule is Cc1c(SCC2=C(C(=O)O)N3C(=O)C(N)[C@@H]3SC2)ccn[n+]1[O-]. The van der Waals surface area contributed by atoms with Gasteiger partial charge in [-0.25, -0.2) is 4.79 Å². The number of amides is 1. The summed E-state index contributed by atoms with van der Waals surface area (Å²) in [6.45, 7) is 1.65. The van der Waals surface area contributed by atoms with Crippen LogP contribution in [0.5, 0.6) is 0 Å². The molecule has 0 aliphatic carbocycles. The number of carbonyl (C=O) groups excluding carboxylic acids is 1. The lowest BCUT2D eigenvalue weighted by Crippen LogP contribution is -2.68. The summed E-state index contributed by atoms with van der Waals surface area (Å²) in [7, 11) is 0. The number of fused-ring (bicyclic) bond motifs is 1. The largest absolute Gasteiger partial charge is 0.594 e. The average Bonchev–Trinajstić information content (AvgIpc) is 2.54. The van der Waals surface area contributed by atoms with Gasteiger partial charge < -0.3 is 16.0 Å². The molecule has 1 aromatic rings.